The van der Waals surface area contributed by atoms with E-state index in [2.05, 4.69) is 33.5 Å². The summed E-state index contributed by atoms with van der Waals surface area (Å²) in [6.45, 7) is 8.40. The van der Waals surface area contributed by atoms with Gasteiger partial charge in [0.05, 0.1) is 11.2 Å². The minimum absolute atomic E-state index is 0.0780. The molecule has 1 saturated heterocycles. The fourth-order valence-corrected chi connectivity index (χ4v) is 3.45. The summed E-state index contributed by atoms with van der Waals surface area (Å²) in [5, 5.41) is 4.66. The van der Waals surface area contributed by atoms with Crippen molar-refractivity contribution in [2.24, 2.45) is 0 Å². The van der Waals surface area contributed by atoms with Gasteiger partial charge in [-0.25, -0.2) is 4.79 Å². The third kappa shape index (κ3) is 3.67. The Hall–Kier alpha value is -3.02. The van der Waals surface area contributed by atoms with Gasteiger partial charge in [-0.2, -0.15) is 0 Å². The van der Waals surface area contributed by atoms with Gasteiger partial charge in [0.1, 0.15) is 11.8 Å². The first-order valence-electron chi connectivity index (χ1n) is 9.60. The Morgan fingerprint density at radius 1 is 1.29 bits per heavy atom. The summed E-state index contributed by atoms with van der Waals surface area (Å²) in [6, 6.07) is 10.4. The number of H-pyrrole nitrogens is 1. The van der Waals surface area contributed by atoms with E-state index in [4.69, 9.17) is 4.74 Å². The molecule has 1 aromatic carbocycles. The van der Waals surface area contributed by atoms with E-state index in [1.165, 1.54) is 0 Å². The number of aryl methyl sites for hydroxylation is 1. The van der Waals surface area contributed by atoms with E-state index in [1.807, 2.05) is 46.0 Å². The average Bonchev–Trinajstić information content (AvgIpc) is 2.97. The Morgan fingerprint density at radius 3 is 2.75 bits per heavy atom. The summed E-state index contributed by atoms with van der Waals surface area (Å²) in [6.07, 6.45) is 4.16. The third-order valence-corrected chi connectivity index (χ3v) is 4.83. The molecule has 6 nitrogen and oxygen atoms in total. The number of fused-ring (bicyclic) bond motifs is 1. The molecule has 0 radical (unpaired) electrons. The molecule has 0 saturated carbocycles. The molecule has 6 heteroatoms. The predicted octanol–water partition coefficient (Wildman–Crippen LogP) is 4.92. The van der Waals surface area contributed by atoms with E-state index in [9.17, 15) is 4.79 Å². The van der Waals surface area contributed by atoms with Crippen molar-refractivity contribution < 1.29 is 9.53 Å². The lowest BCUT2D eigenvalue weighted by molar-refractivity contribution is -0.000183. The lowest BCUT2D eigenvalue weighted by Gasteiger charge is -2.42. The molecule has 0 bridgehead atoms. The number of likely N-dealkylation sites (tertiary alicyclic amines) is 1. The maximum absolute atomic E-state index is 12.4. The van der Waals surface area contributed by atoms with Gasteiger partial charge in [0, 0.05) is 42.0 Å². The van der Waals surface area contributed by atoms with Crippen molar-refractivity contribution in [3.05, 3.63) is 48.4 Å². The highest BCUT2D eigenvalue weighted by atomic mass is 16.6. The first-order chi connectivity index (χ1) is 13.3. The van der Waals surface area contributed by atoms with Crippen LogP contribution in [0.15, 0.2) is 42.7 Å². The first-order valence-corrected chi connectivity index (χ1v) is 9.60. The molecule has 3 aromatic rings. The van der Waals surface area contributed by atoms with Crippen LogP contribution in [-0.2, 0) is 4.74 Å². The summed E-state index contributed by atoms with van der Waals surface area (Å²) in [4.78, 5) is 21.8. The number of anilines is 1. The Bertz CT molecular complexity index is 1000. The van der Waals surface area contributed by atoms with Gasteiger partial charge in [-0.1, -0.05) is 6.07 Å². The Kier molecular flexibility index (Phi) is 4.49. The summed E-state index contributed by atoms with van der Waals surface area (Å²) in [7, 11) is 0. The largest absolute Gasteiger partial charge is 0.444 e. The fourth-order valence-electron chi connectivity index (χ4n) is 3.45. The SMILES string of the molecule is Cc1cc2cc(-c3cccnc3)cc(NC3CCN3C(=O)OC(C)(C)C)c2[nH]1. The van der Waals surface area contributed by atoms with Crippen LogP contribution < -0.4 is 5.32 Å². The zero-order valence-electron chi connectivity index (χ0n) is 16.7. The van der Waals surface area contributed by atoms with Crippen LogP contribution in [0.5, 0.6) is 0 Å². The molecule has 1 aliphatic rings. The standard InChI is InChI=1S/C22H26N4O2/c1-14-10-17-11-16(15-6-5-8-23-13-15)12-18(20(17)24-14)25-19-7-9-26(19)21(27)28-22(2,3)4/h5-6,8,10-13,19,24-25H,7,9H2,1-4H3. The molecule has 2 N–H and O–H groups in total. The summed E-state index contributed by atoms with van der Waals surface area (Å²) < 4.78 is 5.53. The van der Waals surface area contributed by atoms with Crippen LogP contribution in [0, 0.1) is 6.92 Å². The molecule has 3 heterocycles. The van der Waals surface area contributed by atoms with Gasteiger partial charge in [-0.05, 0) is 57.5 Å². The Balaban J connectivity index is 1.64. The van der Waals surface area contributed by atoms with Gasteiger partial charge in [0.2, 0.25) is 0 Å². The molecule has 1 atom stereocenters. The molecule has 2 aromatic heterocycles. The number of carbonyl (C=O) groups excluding carboxylic acids is 1. The highest BCUT2D eigenvalue weighted by molar-refractivity contribution is 5.96. The van der Waals surface area contributed by atoms with Crippen molar-refractivity contribution in [3.63, 3.8) is 0 Å². The lowest BCUT2D eigenvalue weighted by Crippen LogP contribution is -2.56. The second-order valence-electron chi connectivity index (χ2n) is 8.30. The number of aromatic amines is 1. The molecule has 0 spiro atoms. The van der Waals surface area contributed by atoms with E-state index in [0.29, 0.717) is 6.54 Å². The lowest BCUT2D eigenvalue weighted by atomic mass is 10.0. The number of hydrogen-bond donors (Lipinski definition) is 2. The minimum atomic E-state index is -0.499. The number of nitrogens with zero attached hydrogens (tertiary/aromatic N) is 2. The molecular formula is C22H26N4O2. The molecule has 1 aliphatic heterocycles. The van der Waals surface area contributed by atoms with Crippen LogP contribution in [-0.4, -0.2) is 39.3 Å². The number of hydrogen-bond acceptors (Lipinski definition) is 4. The molecule has 1 fully saturated rings. The van der Waals surface area contributed by atoms with Crippen molar-refractivity contribution >= 4 is 22.7 Å². The monoisotopic (exact) mass is 378 g/mol. The fraction of sp³-hybridized carbons (Fsp3) is 0.364. The van der Waals surface area contributed by atoms with E-state index in [1.54, 1.807) is 11.1 Å². The number of aromatic nitrogens is 2. The van der Waals surface area contributed by atoms with E-state index in [-0.39, 0.29) is 12.3 Å². The number of benzene rings is 1. The van der Waals surface area contributed by atoms with Gasteiger partial charge in [-0.3, -0.25) is 9.88 Å². The van der Waals surface area contributed by atoms with Crippen molar-refractivity contribution in [2.75, 3.05) is 11.9 Å². The number of carbonyl (C=O) groups is 1. The molecule has 146 valence electrons. The van der Waals surface area contributed by atoms with E-state index in [0.717, 1.165) is 39.8 Å². The van der Waals surface area contributed by atoms with Gasteiger partial charge in [0.25, 0.3) is 0 Å². The van der Waals surface area contributed by atoms with Crippen LogP contribution in [0.2, 0.25) is 0 Å². The Labute approximate surface area is 164 Å². The number of rotatable bonds is 3. The van der Waals surface area contributed by atoms with Crippen LogP contribution in [0.1, 0.15) is 32.9 Å². The summed E-state index contributed by atoms with van der Waals surface area (Å²) in [5.74, 6) is 0. The Morgan fingerprint density at radius 2 is 2.11 bits per heavy atom. The molecule has 28 heavy (non-hydrogen) atoms. The number of amides is 1. The topological polar surface area (TPSA) is 70.2 Å². The maximum Gasteiger partial charge on any atom is 0.411 e. The van der Waals surface area contributed by atoms with Crippen molar-refractivity contribution in [1.82, 2.24) is 14.9 Å². The normalized spacial score (nSPS) is 16.7. The van der Waals surface area contributed by atoms with E-state index < -0.39 is 5.60 Å². The first kappa shape index (κ1) is 18.3. The highest BCUT2D eigenvalue weighted by Gasteiger charge is 2.35. The number of nitrogens with one attached hydrogen (secondary N) is 2. The van der Waals surface area contributed by atoms with Crippen LogP contribution in [0.25, 0.3) is 22.0 Å². The van der Waals surface area contributed by atoms with E-state index >= 15 is 0 Å². The number of pyridine rings is 1. The maximum atomic E-state index is 12.4. The molecular weight excluding hydrogens is 352 g/mol. The van der Waals surface area contributed by atoms with Crippen LogP contribution in [0.4, 0.5) is 10.5 Å². The van der Waals surface area contributed by atoms with Gasteiger partial charge < -0.3 is 15.0 Å². The van der Waals surface area contributed by atoms with Gasteiger partial charge in [0.15, 0.2) is 0 Å². The van der Waals surface area contributed by atoms with Crippen LogP contribution >= 0.6 is 0 Å². The summed E-state index contributed by atoms with van der Waals surface area (Å²) in [5.41, 5.74) is 4.76. The number of ether oxygens (including phenoxy) is 1. The molecule has 4 rings (SSSR count). The third-order valence-electron chi connectivity index (χ3n) is 4.83. The van der Waals surface area contributed by atoms with Gasteiger partial charge in [-0.15, -0.1) is 0 Å². The second-order valence-corrected chi connectivity index (χ2v) is 8.30. The zero-order valence-corrected chi connectivity index (χ0v) is 16.7. The van der Waals surface area contributed by atoms with Crippen molar-refractivity contribution in [2.45, 2.75) is 45.9 Å². The summed E-state index contributed by atoms with van der Waals surface area (Å²) >= 11 is 0. The average molecular weight is 378 g/mol. The predicted molar refractivity (Wildman–Crippen MR) is 111 cm³/mol. The minimum Gasteiger partial charge on any atom is -0.444 e. The molecule has 0 aliphatic carbocycles. The quantitative estimate of drug-likeness (QED) is 0.679. The molecule has 1 amide bonds. The highest BCUT2D eigenvalue weighted by Crippen LogP contribution is 2.33. The zero-order chi connectivity index (χ0) is 19.9. The second kappa shape index (κ2) is 6.86. The van der Waals surface area contributed by atoms with Crippen molar-refractivity contribution in [1.29, 1.82) is 0 Å². The molecule has 1 unspecified atom stereocenters. The van der Waals surface area contributed by atoms with Crippen molar-refractivity contribution in [3.8, 4) is 11.1 Å². The smallest absolute Gasteiger partial charge is 0.411 e. The van der Waals surface area contributed by atoms with Gasteiger partial charge >= 0.3 is 6.09 Å². The van der Waals surface area contributed by atoms with Crippen LogP contribution in [0.3, 0.4) is 0 Å².